The lowest BCUT2D eigenvalue weighted by Gasteiger charge is -2.18. The van der Waals surface area contributed by atoms with Crippen molar-refractivity contribution in [2.24, 2.45) is 0 Å². The van der Waals surface area contributed by atoms with Crippen molar-refractivity contribution in [1.82, 2.24) is 0 Å². The first-order valence-corrected chi connectivity index (χ1v) is 3.30. The van der Waals surface area contributed by atoms with Gasteiger partial charge < -0.3 is 25.5 Å². The molecule has 0 bridgehead atoms. The van der Waals surface area contributed by atoms with Gasteiger partial charge in [0.2, 0.25) is 5.78 Å². The number of ketones is 1. The molecule has 1 unspecified atom stereocenters. The van der Waals surface area contributed by atoms with Crippen molar-refractivity contribution in [3.8, 4) is 0 Å². The number of rotatable bonds is 5. The molecular weight excluding hydrogens is 200 g/mol. The van der Waals surface area contributed by atoms with Gasteiger partial charge in [0.05, 0.1) is 6.61 Å². The fourth-order valence-corrected chi connectivity index (χ4v) is 0.626. The minimum Gasteiger partial charge on any atom is -0.478 e. The molecule has 14 heavy (non-hydrogen) atoms. The van der Waals surface area contributed by atoms with Crippen LogP contribution in [0.25, 0.3) is 0 Å². The predicted molar refractivity (Wildman–Crippen MR) is 38.3 cm³/mol. The van der Waals surface area contributed by atoms with Crippen LogP contribution >= 0.6 is 0 Å². The molecule has 0 amide bonds. The molecule has 0 heterocycles. The van der Waals surface area contributed by atoms with E-state index in [9.17, 15) is 14.4 Å². The van der Waals surface area contributed by atoms with E-state index in [2.05, 4.69) is 0 Å². The first-order valence-electron chi connectivity index (χ1n) is 3.30. The van der Waals surface area contributed by atoms with Gasteiger partial charge in [-0.05, 0) is 0 Å². The molecule has 0 saturated heterocycles. The van der Waals surface area contributed by atoms with E-state index in [4.69, 9.17) is 25.5 Å². The molecule has 8 nitrogen and oxygen atoms in total. The van der Waals surface area contributed by atoms with Gasteiger partial charge in [0, 0.05) is 0 Å². The van der Waals surface area contributed by atoms with Crippen molar-refractivity contribution in [3.63, 3.8) is 0 Å². The summed E-state index contributed by atoms with van der Waals surface area (Å²) in [5.41, 5.74) is -3.73. The molecule has 0 aliphatic carbocycles. The summed E-state index contributed by atoms with van der Waals surface area (Å²) in [6.45, 7) is -1.18. The second-order valence-electron chi connectivity index (χ2n) is 2.38. The molecule has 0 radical (unpaired) electrons. The van der Waals surface area contributed by atoms with E-state index in [1.165, 1.54) is 0 Å². The number of carboxylic acid groups (broad SMARTS) is 2. The SMILES string of the molecule is O=C(O)C(O)(C(=O)O)C(=O)C(O)CO. The van der Waals surface area contributed by atoms with Crippen LogP contribution in [0, 0.1) is 0 Å². The van der Waals surface area contributed by atoms with Crippen LogP contribution in [-0.4, -0.2) is 61.6 Å². The van der Waals surface area contributed by atoms with Gasteiger partial charge in [-0.3, -0.25) is 4.79 Å². The van der Waals surface area contributed by atoms with Gasteiger partial charge in [-0.25, -0.2) is 9.59 Å². The molecule has 0 fully saturated rings. The molecule has 0 saturated carbocycles. The highest BCUT2D eigenvalue weighted by Gasteiger charge is 2.54. The van der Waals surface area contributed by atoms with Crippen LogP contribution in [0.3, 0.4) is 0 Å². The Morgan fingerprint density at radius 1 is 1.14 bits per heavy atom. The van der Waals surface area contributed by atoms with Crippen molar-refractivity contribution in [3.05, 3.63) is 0 Å². The van der Waals surface area contributed by atoms with Crippen molar-refractivity contribution >= 4 is 17.7 Å². The van der Waals surface area contributed by atoms with Crippen LogP contribution in [0.5, 0.6) is 0 Å². The number of aliphatic hydroxyl groups excluding tert-OH is 2. The predicted octanol–water partition coefficient (Wildman–Crippen LogP) is -3.19. The monoisotopic (exact) mass is 208 g/mol. The Bertz CT molecular complexity index is 255. The molecule has 8 heteroatoms. The number of carbonyl (C=O) groups excluding carboxylic acids is 1. The maximum atomic E-state index is 10.9. The maximum absolute atomic E-state index is 10.9. The highest BCUT2D eigenvalue weighted by Crippen LogP contribution is 2.10. The number of aliphatic hydroxyl groups is 3. The Labute approximate surface area is 77.0 Å². The smallest absolute Gasteiger partial charge is 0.355 e. The molecule has 0 aromatic rings. The van der Waals surface area contributed by atoms with Gasteiger partial charge in [0.25, 0.3) is 0 Å². The zero-order valence-electron chi connectivity index (χ0n) is 6.75. The molecule has 0 aliphatic heterocycles. The van der Waals surface area contributed by atoms with E-state index in [0.717, 1.165) is 0 Å². The minimum atomic E-state index is -3.73. The average Bonchev–Trinajstić information content (AvgIpc) is 2.13. The lowest BCUT2D eigenvalue weighted by atomic mass is 9.95. The number of carboxylic acids is 2. The minimum absolute atomic E-state index is 1.18. The Kier molecular flexibility index (Phi) is 3.69. The van der Waals surface area contributed by atoms with E-state index in [-0.39, 0.29) is 0 Å². The van der Waals surface area contributed by atoms with E-state index in [1.54, 1.807) is 0 Å². The number of hydrogen-bond acceptors (Lipinski definition) is 6. The normalized spacial score (nSPS) is 13.4. The van der Waals surface area contributed by atoms with Crippen LogP contribution in [0.4, 0.5) is 0 Å². The summed E-state index contributed by atoms with van der Waals surface area (Å²) in [5.74, 6) is -6.56. The van der Waals surface area contributed by atoms with Gasteiger partial charge in [-0.15, -0.1) is 0 Å². The Hall–Kier alpha value is -1.51. The molecule has 0 aromatic heterocycles. The number of aliphatic carboxylic acids is 2. The van der Waals surface area contributed by atoms with Crippen molar-refractivity contribution in [2.75, 3.05) is 6.61 Å². The summed E-state index contributed by atoms with van der Waals surface area (Å²) < 4.78 is 0. The highest BCUT2D eigenvalue weighted by molar-refractivity contribution is 6.24. The summed E-state index contributed by atoms with van der Waals surface area (Å²) in [6.07, 6.45) is -2.26. The first kappa shape index (κ1) is 12.5. The standard InChI is InChI=1S/C6H8O8/c7-1-2(8)3(9)6(14,4(10)11)5(12)13/h2,7-8,14H,1H2,(H,10,11)(H,12,13). The Balaban J connectivity index is 5.13. The van der Waals surface area contributed by atoms with Gasteiger partial charge in [-0.1, -0.05) is 0 Å². The lowest BCUT2D eigenvalue weighted by molar-refractivity contribution is -0.182. The number of Topliss-reactive ketones (excluding diaryl/α,β-unsaturated/α-hetero) is 1. The van der Waals surface area contributed by atoms with Crippen LogP contribution in [0.1, 0.15) is 0 Å². The number of carbonyl (C=O) groups is 3. The average molecular weight is 208 g/mol. The van der Waals surface area contributed by atoms with E-state index >= 15 is 0 Å². The van der Waals surface area contributed by atoms with Gasteiger partial charge in [0.1, 0.15) is 6.10 Å². The number of hydrogen-bond donors (Lipinski definition) is 5. The summed E-state index contributed by atoms with van der Waals surface area (Å²) in [6, 6.07) is 0. The van der Waals surface area contributed by atoms with Crippen molar-refractivity contribution < 1.29 is 39.9 Å². The van der Waals surface area contributed by atoms with Crippen LogP contribution in [0.15, 0.2) is 0 Å². The van der Waals surface area contributed by atoms with Crippen LogP contribution < -0.4 is 0 Å². The third-order valence-electron chi connectivity index (χ3n) is 1.45. The third kappa shape index (κ3) is 1.87. The maximum Gasteiger partial charge on any atom is 0.355 e. The van der Waals surface area contributed by atoms with Gasteiger partial charge in [0.15, 0.2) is 0 Å². The zero-order chi connectivity index (χ0) is 11.5. The van der Waals surface area contributed by atoms with Crippen LogP contribution in [0.2, 0.25) is 0 Å². The zero-order valence-corrected chi connectivity index (χ0v) is 6.75. The second-order valence-corrected chi connectivity index (χ2v) is 2.38. The van der Waals surface area contributed by atoms with Crippen molar-refractivity contribution in [1.29, 1.82) is 0 Å². The largest absolute Gasteiger partial charge is 0.478 e. The third-order valence-corrected chi connectivity index (χ3v) is 1.45. The van der Waals surface area contributed by atoms with Crippen LogP contribution in [-0.2, 0) is 14.4 Å². The fourth-order valence-electron chi connectivity index (χ4n) is 0.626. The molecule has 0 spiro atoms. The van der Waals surface area contributed by atoms with E-state index in [1.807, 2.05) is 0 Å². The fraction of sp³-hybridized carbons (Fsp3) is 0.500. The topological polar surface area (TPSA) is 152 Å². The molecule has 0 aromatic carbocycles. The van der Waals surface area contributed by atoms with Gasteiger partial charge in [-0.2, -0.15) is 0 Å². The quantitative estimate of drug-likeness (QED) is 0.296. The Morgan fingerprint density at radius 3 is 1.71 bits per heavy atom. The summed E-state index contributed by atoms with van der Waals surface area (Å²) in [5, 5.41) is 42.4. The van der Waals surface area contributed by atoms with E-state index in [0.29, 0.717) is 0 Å². The second kappa shape index (κ2) is 4.13. The molecule has 0 rings (SSSR count). The lowest BCUT2D eigenvalue weighted by Crippen LogP contribution is -2.57. The summed E-state index contributed by atoms with van der Waals surface area (Å²) in [7, 11) is 0. The van der Waals surface area contributed by atoms with Crippen molar-refractivity contribution in [2.45, 2.75) is 11.7 Å². The molecule has 0 aliphatic rings. The molecular formula is C6H8O8. The van der Waals surface area contributed by atoms with Gasteiger partial charge >= 0.3 is 17.5 Å². The summed E-state index contributed by atoms with van der Waals surface area (Å²) >= 11 is 0. The molecule has 5 N–H and O–H groups in total. The summed E-state index contributed by atoms with van der Waals surface area (Å²) in [4.78, 5) is 31.4. The molecule has 80 valence electrons. The highest BCUT2D eigenvalue weighted by atomic mass is 16.5. The first-order chi connectivity index (χ1) is 6.28. The Morgan fingerprint density at radius 2 is 1.50 bits per heavy atom. The molecule has 1 atom stereocenters. The van der Waals surface area contributed by atoms with E-state index < -0.39 is 36.0 Å².